The maximum Gasteiger partial charge on any atom is 0.261 e. The lowest BCUT2D eigenvalue weighted by atomic mass is 10.1. The van der Waals surface area contributed by atoms with Crippen LogP contribution in [0.1, 0.15) is 51.6 Å². The number of aromatic amines is 1. The van der Waals surface area contributed by atoms with E-state index in [2.05, 4.69) is 16.4 Å². The molecule has 1 saturated carbocycles. The molecule has 0 amide bonds. The van der Waals surface area contributed by atoms with Gasteiger partial charge in [0.15, 0.2) is 5.82 Å². The van der Waals surface area contributed by atoms with Gasteiger partial charge in [-0.3, -0.25) is 9.48 Å². The summed E-state index contributed by atoms with van der Waals surface area (Å²) in [6.45, 7) is 5.91. The predicted molar refractivity (Wildman–Crippen MR) is 125 cm³/mol. The molecule has 2 aromatic heterocycles. The molecule has 33 heavy (non-hydrogen) atoms. The molecule has 0 radical (unpaired) electrons. The van der Waals surface area contributed by atoms with E-state index in [-0.39, 0.29) is 17.5 Å². The monoisotopic (exact) mass is 466 g/mol. The van der Waals surface area contributed by atoms with Crippen LogP contribution in [-0.4, -0.2) is 33.0 Å². The molecule has 1 fully saturated rings. The molecule has 0 saturated heterocycles. The highest BCUT2D eigenvalue weighted by atomic mass is 32.2. The zero-order valence-corrected chi connectivity index (χ0v) is 19.6. The van der Waals surface area contributed by atoms with Crippen LogP contribution in [0.4, 0.5) is 11.5 Å². The molecule has 10 heteroatoms. The van der Waals surface area contributed by atoms with E-state index in [1.54, 1.807) is 35.1 Å². The van der Waals surface area contributed by atoms with Crippen LogP contribution in [0.3, 0.4) is 0 Å². The summed E-state index contributed by atoms with van der Waals surface area (Å²) in [6, 6.07) is 9.19. The van der Waals surface area contributed by atoms with Crippen LogP contribution in [-0.2, 0) is 16.6 Å². The molecule has 9 nitrogen and oxygen atoms in total. The number of nitriles is 1. The number of H-pyrrole nitrogens is 1. The first-order valence-electron chi connectivity index (χ1n) is 11.0. The average molecular weight is 467 g/mol. The third-order valence-electron chi connectivity index (χ3n) is 6.54. The molecule has 0 spiro atoms. The van der Waals surface area contributed by atoms with Gasteiger partial charge in [0.2, 0.25) is 10.0 Å². The van der Waals surface area contributed by atoms with Crippen molar-refractivity contribution in [2.75, 3.05) is 5.32 Å². The fraction of sp³-hybridized carbons (Fsp3) is 0.435. The predicted octanol–water partition coefficient (Wildman–Crippen LogP) is 3.64. The van der Waals surface area contributed by atoms with Crippen molar-refractivity contribution in [2.45, 2.75) is 63.1 Å². The first-order chi connectivity index (χ1) is 15.6. The van der Waals surface area contributed by atoms with Crippen LogP contribution in [0.15, 0.2) is 40.2 Å². The van der Waals surface area contributed by atoms with Gasteiger partial charge in [-0.2, -0.15) is 14.7 Å². The van der Waals surface area contributed by atoms with Gasteiger partial charge in [0.1, 0.15) is 5.39 Å². The van der Waals surface area contributed by atoms with Crippen LogP contribution >= 0.6 is 0 Å². The Balaban J connectivity index is 1.56. The number of sulfonamides is 1. The van der Waals surface area contributed by atoms with Crippen LogP contribution in [0.25, 0.3) is 10.9 Å². The summed E-state index contributed by atoms with van der Waals surface area (Å²) in [5.74, 6) is 0.248. The molecule has 5 rings (SSSR count). The van der Waals surface area contributed by atoms with Gasteiger partial charge in [-0.1, -0.05) is 0 Å². The topological polar surface area (TPSA) is 124 Å². The molecule has 1 aromatic carbocycles. The van der Waals surface area contributed by atoms with E-state index >= 15 is 0 Å². The lowest BCUT2D eigenvalue weighted by Gasteiger charge is -2.29. The second-order valence-electron chi connectivity index (χ2n) is 9.72. The Labute approximate surface area is 192 Å². The van der Waals surface area contributed by atoms with Gasteiger partial charge < -0.3 is 10.3 Å². The third kappa shape index (κ3) is 3.43. The molecule has 172 valence electrons. The first-order valence-corrected chi connectivity index (χ1v) is 12.5. The molecule has 2 aliphatic rings. The molecule has 1 aliphatic heterocycles. The standard InChI is InChI=1S/C23H26N6O3S/c1-23(2,3)28-13-15-11-16(7-8-19(15)33(28,31)32)26-21-20-18(9-10-25-22(20)30)29(27-21)17-6-4-5-14(17)12-24/h7-11,14,17H,4-6,13H2,1-3H3,(H,25,30)(H,26,27). The Morgan fingerprint density at radius 3 is 2.76 bits per heavy atom. The van der Waals surface area contributed by atoms with E-state index < -0.39 is 15.6 Å². The molecule has 2 unspecified atom stereocenters. The van der Waals surface area contributed by atoms with E-state index in [1.165, 1.54) is 4.31 Å². The highest BCUT2D eigenvalue weighted by Gasteiger charge is 2.41. The number of anilines is 2. The number of aromatic nitrogens is 3. The maximum atomic E-state index is 12.9. The number of pyridine rings is 1. The molecular formula is C23H26N6O3S. The van der Waals surface area contributed by atoms with Crippen LogP contribution < -0.4 is 10.9 Å². The summed E-state index contributed by atoms with van der Waals surface area (Å²) >= 11 is 0. The second-order valence-corrected chi connectivity index (χ2v) is 11.6. The van der Waals surface area contributed by atoms with Crippen LogP contribution in [0.2, 0.25) is 0 Å². The second kappa shape index (κ2) is 7.43. The molecule has 0 bridgehead atoms. The smallest absolute Gasteiger partial charge is 0.261 e. The van der Waals surface area contributed by atoms with E-state index in [0.29, 0.717) is 39.4 Å². The summed E-state index contributed by atoms with van der Waals surface area (Å²) in [5.41, 5.74) is 1.23. The molecular weight excluding hydrogens is 440 g/mol. The quantitative estimate of drug-likeness (QED) is 0.607. The number of hydrogen-bond acceptors (Lipinski definition) is 6. The van der Waals surface area contributed by atoms with E-state index in [4.69, 9.17) is 5.10 Å². The number of fused-ring (bicyclic) bond motifs is 2. The molecule has 1 aliphatic carbocycles. The van der Waals surface area contributed by atoms with Gasteiger partial charge in [0.25, 0.3) is 5.56 Å². The van der Waals surface area contributed by atoms with Crippen molar-refractivity contribution in [1.82, 2.24) is 19.1 Å². The van der Waals surface area contributed by atoms with Gasteiger partial charge in [0.05, 0.1) is 28.4 Å². The minimum Gasteiger partial charge on any atom is -0.338 e. The zero-order chi connectivity index (χ0) is 23.5. The van der Waals surface area contributed by atoms with Crippen molar-refractivity contribution in [1.29, 1.82) is 5.26 Å². The van der Waals surface area contributed by atoms with Crippen molar-refractivity contribution < 1.29 is 8.42 Å². The molecule has 3 heterocycles. The molecule has 2 atom stereocenters. The fourth-order valence-corrected chi connectivity index (χ4v) is 6.91. The fourth-order valence-electron chi connectivity index (χ4n) is 4.95. The van der Waals surface area contributed by atoms with Gasteiger partial charge in [-0.25, -0.2) is 8.42 Å². The minimum atomic E-state index is -3.55. The van der Waals surface area contributed by atoms with Crippen LogP contribution in [0, 0.1) is 17.2 Å². The van der Waals surface area contributed by atoms with Crippen molar-refractivity contribution in [3.05, 3.63) is 46.4 Å². The summed E-state index contributed by atoms with van der Waals surface area (Å²) in [7, 11) is -3.55. The van der Waals surface area contributed by atoms with Crippen molar-refractivity contribution in [3.63, 3.8) is 0 Å². The van der Waals surface area contributed by atoms with Crippen molar-refractivity contribution >= 4 is 32.4 Å². The van der Waals surface area contributed by atoms with Gasteiger partial charge >= 0.3 is 0 Å². The first kappa shape index (κ1) is 21.7. The number of nitrogens with zero attached hydrogens (tertiary/aromatic N) is 4. The largest absolute Gasteiger partial charge is 0.338 e. The van der Waals surface area contributed by atoms with Crippen molar-refractivity contribution in [2.24, 2.45) is 5.92 Å². The lowest BCUT2D eigenvalue weighted by molar-refractivity contribution is 0.252. The van der Waals surface area contributed by atoms with Crippen LogP contribution in [0.5, 0.6) is 0 Å². The number of benzene rings is 1. The highest BCUT2D eigenvalue weighted by molar-refractivity contribution is 7.89. The van der Waals surface area contributed by atoms with Gasteiger partial charge in [-0.05, 0) is 69.9 Å². The third-order valence-corrected chi connectivity index (χ3v) is 8.75. The normalized spacial score (nSPS) is 22.4. The lowest BCUT2D eigenvalue weighted by Crippen LogP contribution is -2.41. The van der Waals surface area contributed by atoms with E-state index in [0.717, 1.165) is 19.3 Å². The summed E-state index contributed by atoms with van der Waals surface area (Å²) in [6.07, 6.45) is 4.18. The Hall–Kier alpha value is -3.16. The zero-order valence-electron chi connectivity index (χ0n) is 18.8. The minimum absolute atomic E-state index is 0.0830. The van der Waals surface area contributed by atoms with E-state index in [1.807, 2.05) is 20.8 Å². The number of nitrogens with one attached hydrogen (secondary N) is 2. The van der Waals surface area contributed by atoms with Gasteiger partial charge in [0, 0.05) is 24.0 Å². The summed E-state index contributed by atoms with van der Waals surface area (Å²) < 4.78 is 29.2. The molecule has 3 aromatic rings. The maximum absolute atomic E-state index is 12.9. The average Bonchev–Trinajstić information content (AvgIpc) is 3.42. The summed E-state index contributed by atoms with van der Waals surface area (Å²) in [5, 5.41) is 17.9. The number of hydrogen-bond donors (Lipinski definition) is 2. The molecule has 2 N–H and O–H groups in total. The Morgan fingerprint density at radius 1 is 1.24 bits per heavy atom. The Morgan fingerprint density at radius 2 is 2.03 bits per heavy atom. The Bertz CT molecular complexity index is 1460. The van der Waals surface area contributed by atoms with E-state index in [9.17, 15) is 18.5 Å². The SMILES string of the molecule is CC(C)(C)N1Cc2cc(Nc3nn(C4CCCC4C#N)c4cc[nH]c(=O)c34)ccc2S1(=O)=O. The van der Waals surface area contributed by atoms with Crippen molar-refractivity contribution in [3.8, 4) is 6.07 Å². The highest BCUT2D eigenvalue weighted by Crippen LogP contribution is 2.39. The van der Waals surface area contributed by atoms with Gasteiger partial charge in [-0.15, -0.1) is 0 Å². The Kier molecular flexibility index (Phi) is 4.88. The number of rotatable bonds is 3. The summed E-state index contributed by atoms with van der Waals surface area (Å²) in [4.78, 5) is 15.7.